The van der Waals surface area contributed by atoms with Gasteiger partial charge in [0.1, 0.15) is 11.5 Å². The number of rotatable bonds is 9. The van der Waals surface area contributed by atoms with Crippen molar-refractivity contribution in [1.29, 1.82) is 0 Å². The van der Waals surface area contributed by atoms with Gasteiger partial charge in [0.05, 0.1) is 7.11 Å². The third-order valence-corrected chi connectivity index (χ3v) is 4.62. The molecule has 0 fully saturated rings. The average molecular weight is 403 g/mol. The van der Waals surface area contributed by atoms with Crippen molar-refractivity contribution in [2.45, 2.75) is 25.9 Å². The number of carbonyl (C=O) groups is 2. The molecule has 0 bridgehead atoms. The van der Waals surface area contributed by atoms with Gasteiger partial charge < -0.3 is 14.8 Å². The van der Waals surface area contributed by atoms with Crippen molar-refractivity contribution in [3.05, 3.63) is 90.0 Å². The predicted octanol–water partition coefficient (Wildman–Crippen LogP) is 5.38. The molecular formula is C25H25NO4. The van der Waals surface area contributed by atoms with Crippen LogP contribution in [-0.4, -0.2) is 24.9 Å². The maximum Gasteiger partial charge on any atom is 0.255 e. The normalized spacial score (nSPS) is 11.4. The molecule has 5 heteroatoms. The van der Waals surface area contributed by atoms with Crippen LogP contribution in [0.5, 0.6) is 11.5 Å². The van der Waals surface area contributed by atoms with Gasteiger partial charge in [0, 0.05) is 16.8 Å². The maximum atomic E-state index is 12.8. The van der Waals surface area contributed by atoms with Crippen molar-refractivity contribution in [2.75, 3.05) is 12.4 Å². The first-order chi connectivity index (χ1) is 14.6. The number of ketones is 1. The van der Waals surface area contributed by atoms with Gasteiger partial charge in [-0.15, -0.1) is 0 Å². The highest BCUT2D eigenvalue weighted by Crippen LogP contribution is 2.21. The van der Waals surface area contributed by atoms with Crippen molar-refractivity contribution >= 4 is 17.4 Å². The van der Waals surface area contributed by atoms with Crippen LogP contribution >= 0.6 is 0 Å². The molecule has 30 heavy (non-hydrogen) atoms. The van der Waals surface area contributed by atoms with E-state index in [0.29, 0.717) is 34.7 Å². The smallest absolute Gasteiger partial charge is 0.255 e. The summed E-state index contributed by atoms with van der Waals surface area (Å²) < 4.78 is 11.1. The number of anilines is 1. The van der Waals surface area contributed by atoms with Crippen molar-refractivity contribution in [3.63, 3.8) is 0 Å². The Balaban J connectivity index is 1.66. The Kier molecular flexibility index (Phi) is 7.22. The van der Waals surface area contributed by atoms with Crippen LogP contribution in [0, 0.1) is 0 Å². The zero-order valence-electron chi connectivity index (χ0n) is 17.1. The fourth-order valence-electron chi connectivity index (χ4n) is 3.04. The van der Waals surface area contributed by atoms with Gasteiger partial charge in [0.15, 0.2) is 6.10 Å². The molecule has 1 atom stereocenters. The number of carbonyl (C=O) groups excluding carboxylic acids is 2. The molecule has 0 saturated carbocycles. The standard InChI is InChI=1S/C25H25NO4/c1-3-8-23(24(27)18-9-5-4-6-10-18)30-21-15-13-20(14-16-21)26-25(28)19-11-7-12-22(17-19)29-2/h4-7,9-17,23H,3,8H2,1-2H3,(H,26,28). The Hall–Kier alpha value is -3.60. The minimum absolute atomic E-state index is 0.0344. The lowest BCUT2D eigenvalue weighted by Crippen LogP contribution is -2.27. The van der Waals surface area contributed by atoms with Crippen LogP contribution in [0.4, 0.5) is 5.69 Å². The second kappa shape index (κ2) is 10.3. The molecule has 3 rings (SSSR count). The number of amides is 1. The van der Waals surface area contributed by atoms with E-state index in [0.717, 1.165) is 6.42 Å². The predicted molar refractivity (Wildman–Crippen MR) is 117 cm³/mol. The van der Waals surface area contributed by atoms with E-state index in [1.165, 1.54) is 0 Å². The Bertz CT molecular complexity index is 984. The lowest BCUT2D eigenvalue weighted by molar-refractivity contribution is 0.0777. The number of ether oxygens (including phenoxy) is 2. The van der Waals surface area contributed by atoms with E-state index >= 15 is 0 Å². The third-order valence-electron chi connectivity index (χ3n) is 4.62. The summed E-state index contributed by atoms with van der Waals surface area (Å²) in [5.74, 6) is 0.937. The van der Waals surface area contributed by atoms with E-state index < -0.39 is 6.10 Å². The SMILES string of the molecule is CCCC(Oc1ccc(NC(=O)c2cccc(OC)c2)cc1)C(=O)c1ccccc1. The molecule has 1 N–H and O–H groups in total. The summed E-state index contributed by atoms with van der Waals surface area (Å²) in [6, 6.07) is 23.1. The highest BCUT2D eigenvalue weighted by Gasteiger charge is 2.21. The molecule has 0 heterocycles. The molecule has 0 aliphatic carbocycles. The quantitative estimate of drug-likeness (QED) is 0.487. The minimum atomic E-state index is -0.547. The van der Waals surface area contributed by atoms with Crippen LogP contribution in [0.2, 0.25) is 0 Å². The number of methoxy groups -OCH3 is 1. The first-order valence-electron chi connectivity index (χ1n) is 9.92. The zero-order valence-corrected chi connectivity index (χ0v) is 17.1. The van der Waals surface area contributed by atoms with E-state index in [1.807, 2.05) is 25.1 Å². The largest absolute Gasteiger partial charge is 0.497 e. The average Bonchev–Trinajstić information content (AvgIpc) is 2.80. The van der Waals surface area contributed by atoms with Crippen molar-refractivity contribution in [3.8, 4) is 11.5 Å². The van der Waals surface area contributed by atoms with E-state index in [9.17, 15) is 9.59 Å². The number of nitrogens with one attached hydrogen (secondary N) is 1. The van der Waals surface area contributed by atoms with Crippen molar-refractivity contribution in [1.82, 2.24) is 0 Å². The summed E-state index contributed by atoms with van der Waals surface area (Å²) in [6.45, 7) is 2.02. The molecule has 0 saturated heterocycles. The van der Waals surface area contributed by atoms with Crippen LogP contribution in [0.1, 0.15) is 40.5 Å². The summed E-state index contributed by atoms with van der Waals surface area (Å²) >= 11 is 0. The van der Waals surface area contributed by atoms with E-state index in [2.05, 4.69) is 5.32 Å². The molecule has 3 aromatic rings. The Morgan fingerprint density at radius 3 is 2.23 bits per heavy atom. The summed E-state index contributed by atoms with van der Waals surface area (Å²) in [5, 5.41) is 2.85. The van der Waals surface area contributed by atoms with Crippen LogP contribution in [-0.2, 0) is 0 Å². The summed E-state index contributed by atoms with van der Waals surface area (Å²) in [5.41, 5.74) is 1.78. The number of Topliss-reactive ketones (excluding diaryl/α,β-unsaturated/α-hetero) is 1. The second-order valence-corrected chi connectivity index (χ2v) is 6.84. The Labute approximate surface area is 176 Å². The number of hydrogen-bond donors (Lipinski definition) is 1. The number of hydrogen-bond acceptors (Lipinski definition) is 4. The summed E-state index contributed by atoms with van der Waals surface area (Å²) in [6.07, 6.45) is 0.912. The first-order valence-corrected chi connectivity index (χ1v) is 9.92. The van der Waals surface area contributed by atoms with Gasteiger partial charge in [0.2, 0.25) is 5.78 Å². The van der Waals surface area contributed by atoms with Crippen molar-refractivity contribution < 1.29 is 19.1 Å². The van der Waals surface area contributed by atoms with Crippen LogP contribution in [0.25, 0.3) is 0 Å². The monoisotopic (exact) mass is 403 g/mol. The maximum absolute atomic E-state index is 12.8. The molecule has 1 unspecified atom stereocenters. The van der Waals surface area contributed by atoms with E-state index in [1.54, 1.807) is 67.8 Å². The fourth-order valence-corrected chi connectivity index (χ4v) is 3.04. The van der Waals surface area contributed by atoms with Gasteiger partial charge >= 0.3 is 0 Å². The first kappa shape index (κ1) is 21.1. The molecule has 0 aromatic heterocycles. The van der Waals surface area contributed by atoms with Crippen LogP contribution in [0.3, 0.4) is 0 Å². The van der Waals surface area contributed by atoms with E-state index in [4.69, 9.17) is 9.47 Å². The molecule has 0 spiro atoms. The van der Waals surface area contributed by atoms with Gasteiger partial charge in [-0.2, -0.15) is 0 Å². The van der Waals surface area contributed by atoms with Gasteiger partial charge in [-0.3, -0.25) is 9.59 Å². The van der Waals surface area contributed by atoms with E-state index in [-0.39, 0.29) is 11.7 Å². The molecule has 1 amide bonds. The summed E-state index contributed by atoms with van der Waals surface area (Å²) in [7, 11) is 1.56. The fraction of sp³-hybridized carbons (Fsp3) is 0.200. The third kappa shape index (κ3) is 5.47. The highest BCUT2D eigenvalue weighted by atomic mass is 16.5. The minimum Gasteiger partial charge on any atom is -0.497 e. The molecule has 0 radical (unpaired) electrons. The zero-order chi connectivity index (χ0) is 21.3. The van der Waals surface area contributed by atoms with Gasteiger partial charge in [0.25, 0.3) is 5.91 Å². The molecule has 154 valence electrons. The second-order valence-electron chi connectivity index (χ2n) is 6.84. The molecule has 0 aliphatic heterocycles. The molecule has 5 nitrogen and oxygen atoms in total. The highest BCUT2D eigenvalue weighted by molar-refractivity contribution is 6.04. The van der Waals surface area contributed by atoms with Gasteiger partial charge in [-0.05, 0) is 48.9 Å². The molecule has 0 aliphatic rings. The summed E-state index contributed by atoms with van der Waals surface area (Å²) in [4.78, 5) is 25.2. The topological polar surface area (TPSA) is 64.6 Å². The number of benzene rings is 3. The van der Waals surface area contributed by atoms with Gasteiger partial charge in [-0.25, -0.2) is 0 Å². The van der Waals surface area contributed by atoms with Gasteiger partial charge in [-0.1, -0.05) is 49.7 Å². The van der Waals surface area contributed by atoms with Crippen LogP contribution < -0.4 is 14.8 Å². The van der Waals surface area contributed by atoms with Crippen LogP contribution in [0.15, 0.2) is 78.9 Å². The lowest BCUT2D eigenvalue weighted by atomic mass is 10.0. The Morgan fingerprint density at radius 2 is 1.57 bits per heavy atom. The Morgan fingerprint density at radius 1 is 0.867 bits per heavy atom. The lowest BCUT2D eigenvalue weighted by Gasteiger charge is -2.18. The van der Waals surface area contributed by atoms with Crippen molar-refractivity contribution in [2.24, 2.45) is 0 Å². The molecule has 3 aromatic carbocycles. The molecular weight excluding hydrogens is 378 g/mol.